The summed E-state index contributed by atoms with van der Waals surface area (Å²) < 4.78 is 0. The Morgan fingerprint density at radius 1 is 0.931 bits per heavy atom. The van der Waals surface area contributed by atoms with Crippen molar-refractivity contribution >= 4 is 46.6 Å². The number of aryl methyl sites for hydroxylation is 2. The summed E-state index contributed by atoms with van der Waals surface area (Å²) in [5.74, 6) is -0.0269. The van der Waals surface area contributed by atoms with Crippen LogP contribution in [0.15, 0.2) is 71.6 Å². The van der Waals surface area contributed by atoms with E-state index in [0.717, 1.165) is 16.0 Å². The number of hydrogen-bond donors (Lipinski definition) is 2. The molecule has 3 aromatic carbocycles. The molecule has 4 nitrogen and oxygen atoms in total. The molecule has 2 amide bonds. The van der Waals surface area contributed by atoms with E-state index in [1.165, 1.54) is 11.8 Å². The van der Waals surface area contributed by atoms with E-state index in [-0.39, 0.29) is 17.6 Å². The van der Waals surface area contributed by atoms with Crippen molar-refractivity contribution in [2.24, 2.45) is 0 Å². The van der Waals surface area contributed by atoms with Gasteiger partial charge in [-0.1, -0.05) is 41.4 Å². The van der Waals surface area contributed by atoms with Gasteiger partial charge in [0.1, 0.15) is 0 Å². The first-order chi connectivity index (χ1) is 13.9. The Bertz CT molecular complexity index is 1050. The molecule has 3 aromatic rings. The lowest BCUT2D eigenvalue weighted by Gasteiger charge is -2.10. The van der Waals surface area contributed by atoms with E-state index in [0.29, 0.717) is 22.0 Å². The fourth-order valence-electron chi connectivity index (χ4n) is 2.72. The zero-order chi connectivity index (χ0) is 20.8. The van der Waals surface area contributed by atoms with E-state index < -0.39 is 0 Å². The molecular weight excluding hydrogens is 404 g/mol. The Kier molecular flexibility index (Phi) is 6.96. The van der Waals surface area contributed by atoms with Crippen molar-refractivity contribution in [2.45, 2.75) is 18.7 Å². The molecule has 0 spiro atoms. The van der Waals surface area contributed by atoms with Gasteiger partial charge in [-0.05, 0) is 61.9 Å². The molecule has 3 rings (SSSR count). The molecule has 6 heteroatoms. The third kappa shape index (κ3) is 6.11. The zero-order valence-electron chi connectivity index (χ0n) is 16.2. The van der Waals surface area contributed by atoms with Gasteiger partial charge in [0.25, 0.3) is 5.91 Å². The van der Waals surface area contributed by atoms with Gasteiger partial charge < -0.3 is 10.6 Å². The molecule has 0 unspecified atom stereocenters. The van der Waals surface area contributed by atoms with Crippen LogP contribution in [0.25, 0.3) is 0 Å². The van der Waals surface area contributed by atoms with Gasteiger partial charge in [0.15, 0.2) is 0 Å². The number of thioether (sulfide) groups is 1. The summed E-state index contributed by atoms with van der Waals surface area (Å²) in [5, 5.41) is 6.36. The quantitative estimate of drug-likeness (QED) is 0.481. The number of benzene rings is 3. The SMILES string of the molecule is Cc1cccc(C(=O)Nc2cccc(SCC(=O)Nc3cc(Cl)ccc3C)c2)c1. The van der Waals surface area contributed by atoms with Crippen molar-refractivity contribution in [3.63, 3.8) is 0 Å². The number of amides is 2. The maximum Gasteiger partial charge on any atom is 0.255 e. The number of anilines is 2. The lowest BCUT2D eigenvalue weighted by atomic mass is 10.1. The van der Waals surface area contributed by atoms with Gasteiger partial charge in [-0.3, -0.25) is 9.59 Å². The van der Waals surface area contributed by atoms with Gasteiger partial charge in [-0.25, -0.2) is 0 Å². The molecule has 0 saturated carbocycles. The first kappa shape index (κ1) is 21.0. The molecule has 2 N–H and O–H groups in total. The Morgan fingerprint density at radius 2 is 1.72 bits per heavy atom. The summed E-state index contributed by atoms with van der Waals surface area (Å²) in [6.45, 7) is 3.86. The molecule has 0 aliphatic carbocycles. The number of rotatable bonds is 6. The third-order valence-electron chi connectivity index (χ3n) is 4.22. The summed E-state index contributed by atoms with van der Waals surface area (Å²) in [7, 11) is 0. The van der Waals surface area contributed by atoms with Crippen molar-refractivity contribution < 1.29 is 9.59 Å². The van der Waals surface area contributed by atoms with Gasteiger partial charge in [-0.2, -0.15) is 0 Å². The number of carbonyl (C=O) groups is 2. The molecule has 148 valence electrons. The van der Waals surface area contributed by atoms with Crippen molar-refractivity contribution in [3.05, 3.63) is 88.4 Å². The molecule has 0 aromatic heterocycles. The smallest absolute Gasteiger partial charge is 0.255 e. The molecular formula is C23H21ClN2O2S. The van der Waals surface area contributed by atoms with Crippen LogP contribution < -0.4 is 10.6 Å². The minimum absolute atomic E-state index is 0.116. The largest absolute Gasteiger partial charge is 0.325 e. The molecule has 0 aliphatic heterocycles. The van der Waals surface area contributed by atoms with Gasteiger partial charge in [0.05, 0.1) is 5.75 Å². The average Bonchev–Trinajstić information content (AvgIpc) is 2.69. The number of nitrogens with one attached hydrogen (secondary N) is 2. The maximum atomic E-state index is 12.4. The standard InChI is InChI=1S/C23H21ClN2O2S/c1-15-5-3-6-17(11-15)23(28)25-19-7-4-8-20(13-19)29-14-22(27)26-21-12-18(24)10-9-16(21)2/h3-13H,14H2,1-2H3,(H,25,28)(H,26,27). The summed E-state index contributed by atoms with van der Waals surface area (Å²) >= 11 is 7.40. The molecule has 29 heavy (non-hydrogen) atoms. The Hall–Kier alpha value is -2.76. The highest BCUT2D eigenvalue weighted by Gasteiger charge is 2.09. The lowest BCUT2D eigenvalue weighted by molar-refractivity contribution is -0.113. The number of halogens is 1. The second-order valence-electron chi connectivity index (χ2n) is 6.65. The number of hydrogen-bond acceptors (Lipinski definition) is 3. The lowest BCUT2D eigenvalue weighted by Crippen LogP contribution is -2.15. The Balaban J connectivity index is 1.59. The van der Waals surface area contributed by atoms with E-state index in [1.807, 2.05) is 62.4 Å². The highest BCUT2D eigenvalue weighted by Crippen LogP contribution is 2.24. The van der Waals surface area contributed by atoms with Crippen LogP contribution in [-0.4, -0.2) is 17.6 Å². The number of carbonyl (C=O) groups excluding carboxylic acids is 2. The zero-order valence-corrected chi connectivity index (χ0v) is 17.7. The van der Waals surface area contributed by atoms with Crippen molar-refractivity contribution in [2.75, 3.05) is 16.4 Å². The van der Waals surface area contributed by atoms with Gasteiger partial charge in [0, 0.05) is 26.9 Å². The van der Waals surface area contributed by atoms with E-state index in [2.05, 4.69) is 10.6 Å². The van der Waals surface area contributed by atoms with E-state index in [1.54, 1.807) is 18.2 Å². The van der Waals surface area contributed by atoms with E-state index >= 15 is 0 Å². The van der Waals surface area contributed by atoms with Crippen LogP contribution in [0.5, 0.6) is 0 Å². The summed E-state index contributed by atoms with van der Waals surface area (Å²) in [6, 6.07) is 20.3. The Morgan fingerprint density at radius 3 is 2.52 bits per heavy atom. The molecule has 0 aliphatic rings. The summed E-state index contributed by atoms with van der Waals surface area (Å²) in [4.78, 5) is 25.6. The van der Waals surface area contributed by atoms with Crippen LogP contribution in [0.1, 0.15) is 21.5 Å². The minimum atomic E-state index is -0.162. The molecule has 0 atom stereocenters. The van der Waals surface area contributed by atoms with Gasteiger partial charge in [-0.15, -0.1) is 11.8 Å². The van der Waals surface area contributed by atoms with Gasteiger partial charge in [0.2, 0.25) is 5.91 Å². The second kappa shape index (κ2) is 9.63. The van der Waals surface area contributed by atoms with Crippen LogP contribution in [-0.2, 0) is 4.79 Å². The third-order valence-corrected chi connectivity index (χ3v) is 5.44. The molecule has 0 saturated heterocycles. The monoisotopic (exact) mass is 424 g/mol. The summed E-state index contributed by atoms with van der Waals surface area (Å²) in [5.41, 5.74) is 3.99. The molecule has 0 bridgehead atoms. The second-order valence-corrected chi connectivity index (χ2v) is 8.13. The fourth-order valence-corrected chi connectivity index (χ4v) is 3.64. The first-order valence-corrected chi connectivity index (χ1v) is 10.4. The van der Waals surface area contributed by atoms with Crippen LogP contribution in [0.2, 0.25) is 5.02 Å². The van der Waals surface area contributed by atoms with Crippen LogP contribution >= 0.6 is 23.4 Å². The van der Waals surface area contributed by atoms with E-state index in [4.69, 9.17) is 11.6 Å². The average molecular weight is 425 g/mol. The first-order valence-electron chi connectivity index (χ1n) is 9.07. The van der Waals surface area contributed by atoms with Crippen molar-refractivity contribution in [3.8, 4) is 0 Å². The molecule has 0 fully saturated rings. The Labute approximate surface area is 179 Å². The van der Waals surface area contributed by atoms with E-state index in [9.17, 15) is 9.59 Å². The maximum absolute atomic E-state index is 12.4. The topological polar surface area (TPSA) is 58.2 Å². The van der Waals surface area contributed by atoms with Crippen molar-refractivity contribution in [1.29, 1.82) is 0 Å². The van der Waals surface area contributed by atoms with Crippen LogP contribution in [0, 0.1) is 13.8 Å². The summed E-state index contributed by atoms with van der Waals surface area (Å²) in [6.07, 6.45) is 0. The van der Waals surface area contributed by atoms with Crippen molar-refractivity contribution in [1.82, 2.24) is 0 Å². The predicted molar refractivity (Wildman–Crippen MR) is 121 cm³/mol. The highest BCUT2D eigenvalue weighted by molar-refractivity contribution is 8.00. The van der Waals surface area contributed by atoms with Crippen LogP contribution in [0.3, 0.4) is 0 Å². The highest BCUT2D eigenvalue weighted by atomic mass is 35.5. The normalized spacial score (nSPS) is 10.4. The fraction of sp³-hybridized carbons (Fsp3) is 0.130. The predicted octanol–water partition coefficient (Wildman–Crippen LogP) is 5.94. The van der Waals surface area contributed by atoms with Crippen LogP contribution in [0.4, 0.5) is 11.4 Å². The molecule has 0 radical (unpaired) electrons. The molecule has 0 heterocycles. The van der Waals surface area contributed by atoms with Gasteiger partial charge >= 0.3 is 0 Å². The minimum Gasteiger partial charge on any atom is -0.325 e.